The van der Waals surface area contributed by atoms with E-state index < -0.39 is 0 Å². The van der Waals surface area contributed by atoms with Gasteiger partial charge in [0.2, 0.25) is 0 Å². The minimum atomic E-state index is 0.861. The molecule has 4 nitrogen and oxygen atoms in total. The molecule has 0 atom stereocenters. The summed E-state index contributed by atoms with van der Waals surface area (Å²) in [4.78, 5) is 6.66. The highest BCUT2D eigenvalue weighted by Gasteiger charge is 2.16. The highest BCUT2D eigenvalue weighted by Crippen LogP contribution is 2.21. The molecule has 20 heavy (non-hydrogen) atoms. The van der Waals surface area contributed by atoms with Crippen molar-refractivity contribution in [2.24, 2.45) is 0 Å². The van der Waals surface area contributed by atoms with Gasteiger partial charge >= 0.3 is 0 Å². The van der Waals surface area contributed by atoms with Gasteiger partial charge in [-0.3, -0.25) is 4.90 Å². The van der Waals surface area contributed by atoms with Crippen LogP contribution in [0.1, 0.15) is 17.9 Å². The van der Waals surface area contributed by atoms with Gasteiger partial charge in [0.05, 0.1) is 18.6 Å². The third-order valence-corrected chi connectivity index (χ3v) is 3.91. The molecule has 0 unspecified atom stereocenters. The predicted molar refractivity (Wildman–Crippen MR) is 77.2 cm³/mol. The smallest absolute Gasteiger partial charge is 0.134 e. The molecule has 0 amide bonds. The Bertz CT molecular complexity index is 695. The number of imidazole rings is 1. The molecule has 3 aromatic rings. The molecule has 2 aromatic heterocycles. The fourth-order valence-electron chi connectivity index (χ4n) is 2.92. The third-order valence-electron chi connectivity index (χ3n) is 3.91. The van der Waals surface area contributed by atoms with Crippen molar-refractivity contribution in [1.82, 2.24) is 14.5 Å². The monoisotopic (exact) mass is 267 g/mol. The number of rotatable bonds is 2. The molecule has 0 fully saturated rings. The van der Waals surface area contributed by atoms with Crippen LogP contribution >= 0.6 is 0 Å². The van der Waals surface area contributed by atoms with Crippen molar-refractivity contribution in [3.05, 3.63) is 54.3 Å². The van der Waals surface area contributed by atoms with Crippen LogP contribution in [0, 0.1) is 0 Å². The maximum Gasteiger partial charge on any atom is 0.134 e. The van der Waals surface area contributed by atoms with E-state index in [9.17, 15) is 0 Å². The Hall–Kier alpha value is -2.07. The van der Waals surface area contributed by atoms with Crippen LogP contribution in [0.15, 0.2) is 47.3 Å². The third kappa shape index (κ3) is 2.12. The molecule has 3 heterocycles. The lowest BCUT2D eigenvalue weighted by molar-refractivity contribution is 0.241. The van der Waals surface area contributed by atoms with E-state index in [1.54, 1.807) is 0 Å². The van der Waals surface area contributed by atoms with E-state index >= 15 is 0 Å². The molecule has 0 bridgehead atoms. The quantitative estimate of drug-likeness (QED) is 0.715. The van der Waals surface area contributed by atoms with E-state index in [0.717, 1.165) is 43.9 Å². The molecule has 0 aliphatic carbocycles. The van der Waals surface area contributed by atoms with E-state index in [0.29, 0.717) is 0 Å². The average molecular weight is 267 g/mol. The Labute approximate surface area is 117 Å². The molecule has 102 valence electrons. The zero-order valence-corrected chi connectivity index (χ0v) is 11.3. The van der Waals surface area contributed by atoms with Crippen LogP contribution in [0.25, 0.3) is 11.0 Å². The molecule has 4 rings (SSSR count). The van der Waals surface area contributed by atoms with Gasteiger partial charge in [-0.2, -0.15) is 0 Å². The lowest BCUT2D eigenvalue weighted by Crippen LogP contribution is -2.22. The number of para-hydroxylation sites is 1. The minimum absolute atomic E-state index is 0.861. The second-order valence-electron chi connectivity index (χ2n) is 5.39. The SMILES string of the molecule is c1ccc2oc(CN3CCCn4cncc4C3)cc2c1. The first-order chi connectivity index (χ1) is 9.88. The summed E-state index contributed by atoms with van der Waals surface area (Å²) < 4.78 is 8.17. The second kappa shape index (κ2) is 4.80. The largest absolute Gasteiger partial charge is 0.460 e. The normalized spacial score (nSPS) is 16.2. The molecule has 0 radical (unpaired) electrons. The number of fused-ring (bicyclic) bond motifs is 2. The molecule has 0 spiro atoms. The fraction of sp³-hybridized carbons (Fsp3) is 0.312. The number of aryl methyl sites for hydroxylation is 1. The van der Waals surface area contributed by atoms with Crippen LogP contribution in [0.4, 0.5) is 0 Å². The van der Waals surface area contributed by atoms with Gasteiger partial charge < -0.3 is 8.98 Å². The number of hydrogen-bond donors (Lipinski definition) is 0. The molecular formula is C16H17N3O. The Morgan fingerprint density at radius 2 is 2.15 bits per heavy atom. The molecule has 1 aromatic carbocycles. The van der Waals surface area contributed by atoms with Crippen LogP contribution in [-0.4, -0.2) is 21.0 Å². The van der Waals surface area contributed by atoms with Crippen LogP contribution in [0.5, 0.6) is 0 Å². The molecule has 0 saturated heterocycles. The topological polar surface area (TPSA) is 34.2 Å². The molecule has 1 aliphatic heterocycles. The highest BCUT2D eigenvalue weighted by molar-refractivity contribution is 5.77. The lowest BCUT2D eigenvalue weighted by Gasteiger charge is -2.17. The first kappa shape index (κ1) is 11.7. The van der Waals surface area contributed by atoms with Crippen LogP contribution in [-0.2, 0) is 19.6 Å². The minimum Gasteiger partial charge on any atom is -0.460 e. The Kier molecular flexibility index (Phi) is 2.81. The summed E-state index contributed by atoms with van der Waals surface area (Å²) in [6.45, 7) is 3.96. The summed E-state index contributed by atoms with van der Waals surface area (Å²) in [6.07, 6.45) is 5.06. The first-order valence-electron chi connectivity index (χ1n) is 7.07. The summed E-state index contributed by atoms with van der Waals surface area (Å²) in [6, 6.07) is 10.3. The van der Waals surface area contributed by atoms with Crippen LogP contribution < -0.4 is 0 Å². The van der Waals surface area contributed by atoms with Gasteiger partial charge in [0.25, 0.3) is 0 Å². The zero-order valence-electron chi connectivity index (χ0n) is 11.3. The highest BCUT2D eigenvalue weighted by atomic mass is 16.3. The van der Waals surface area contributed by atoms with Gasteiger partial charge in [-0.15, -0.1) is 0 Å². The second-order valence-corrected chi connectivity index (χ2v) is 5.39. The molecule has 0 N–H and O–H groups in total. The first-order valence-corrected chi connectivity index (χ1v) is 7.07. The Balaban J connectivity index is 1.56. The van der Waals surface area contributed by atoms with E-state index in [1.807, 2.05) is 30.7 Å². The number of furan rings is 1. The van der Waals surface area contributed by atoms with Crippen molar-refractivity contribution in [1.29, 1.82) is 0 Å². The predicted octanol–water partition coefficient (Wildman–Crippen LogP) is 3.04. The summed E-state index contributed by atoms with van der Waals surface area (Å²) in [5.74, 6) is 1.04. The maximum atomic E-state index is 5.92. The Morgan fingerprint density at radius 1 is 1.20 bits per heavy atom. The molecule has 1 aliphatic rings. The van der Waals surface area contributed by atoms with Crippen LogP contribution in [0.2, 0.25) is 0 Å². The number of hydrogen-bond acceptors (Lipinski definition) is 3. The van der Waals surface area contributed by atoms with Gasteiger partial charge in [0.1, 0.15) is 11.3 Å². The van der Waals surface area contributed by atoms with E-state index in [2.05, 4.69) is 26.6 Å². The van der Waals surface area contributed by atoms with Crippen molar-refractivity contribution in [2.75, 3.05) is 6.54 Å². The van der Waals surface area contributed by atoms with Gasteiger partial charge in [-0.1, -0.05) is 18.2 Å². The maximum absolute atomic E-state index is 5.92. The number of benzene rings is 1. The van der Waals surface area contributed by atoms with E-state index in [-0.39, 0.29) is 0 Å². The van der Waals surface area contributed by atoms with Crippen molar-refractivity contribution in [2.45, 2.75) is 26.1 Å². The standard InChI is InChI=1S/C16H17N3O/c1-2-5-16-13(4-1)8-15(20-16)11-18-6-3-7-19-12-17-9-14(19)10-18/h1-2,4-5,8-9,12H,3,6-7,10-11H2. The number of nitrogens with zero attached hydrogens (tertiary/aromatic N) is 3. The lowest BCUT2D eigenvalue weighted by atomic mass is 10.2. The number of aromatic nitrogens is 2. The molecule has 0 saturated carbocycles. The summed E-state index contributed by atoms with van der Waals surface area (Å²) >= 11 is 0. The van der Waals surface area contributed by atoms with Crippen molar-refractivity contribution >= 4 is 11.0 Å². The van der Waals surface area contributed by atoms with Crippen molar-refractivity contribution in [3.63, 3.8) is 0 Å². The molecule has 4 heteroatoms. The van der Waals surface area contributed by atoms with Gasteiger partial charge in [-0.05, 0) is 18.6 Å². The average Bonchev–Trinajstić information content (AvgIpc) is 3.01. The van der Waals surface area contributed by atoms with E-state index in [4.69, 9.17) is 4.42 Å². The van der Waals surface area contributed by atoms with Crippen molar-refractivity contribution in [3.8, 4) is 0 Å². The zero-order chi connectivity index (χ0) is 13.4. The summed E-state index contributed by atoms with van der Waals surface area (Å²) in [7, 11) is 0. The molecular weight excluding hydrogens is 250 g/mol. The summed E-state index contributed by atoms with van der Waals surface area (Å²) in [5.41, 5.74) is 2.26. The summed E-state index contributed by atoms with van der Waals surface area (Å²) in [5, 5.41) is 1.18. The van der Waals surface area contributed by atoms with Gasteiger partial charge in [0, 0.05) is 31.2 Å². The van der Waals surface area contributed by atoms with Crippen LogP contribution in [0.3, 0.4) is 0 Å². The van der Waals surface area contributed by atoms with Crippen molar-refractivity contribution < 1.29 is 4.42 Å². The van der Waals surface area contributed by atoms with Gasteiger partial charge in [0.15, 0.2) is 0 Å². The fourth-order valence-corrected chi connectivity index (χ4v) is 2.92. The van der Waals surface area contributed by atoms with Gasteiger partial charge in [-0.25, -0.2) is 4.98 Å². The Morgan fingerprint density at radius 3 is 3.10 bits per heavy atom. The van der Waals surface area contributed by atoms with E-state index in [1.165, 1.54) is 11.1 Å².